The molecule has 0 radical (unpaired) electrons. The summed E-state index contributed by atoms with van der Waals surface area (Å²) in [5.74, 6) is 0.314. The summed E-state index contributed by atoms with van der Waals surface area (Å²) < 4.78 is 5.47. The number of nitrogens with one attached hydrogen (secondary N) is 1. The van der Waals surface area contributed by atoms with Gasteiger partial charge in [-0.25, -0.2) is 0 Å². The van der Waals surface area contributed by atoms with E-state index in [1.807, 2.05) is 6.92 Å². The minimum absolute atomic E-state index is 0.000661. The molecule has 2 aromatic rings. The van der Waals surface area contributed by atoms with Crippen LogP contribution < -0.4 is 10.1 Å². The fourth-order valence-electron chi connectivity index (χ4n) is 1.87. The van der Waals surface area contributed by atoms with Crippen LogP contribution in [0.4, 0.5) is 11.4 Å². The summed E-state index contributed by atoms with van der Waals surface area (Å²) in [5.41, 5.74) is 3.30. The third-order valence-corrected chi connectivity index (χ3v) is 3.97. The van der Waals surface area contributed by atoms with E-state index in [2.05, 4.69) is 23.0 Å². The Morgan fingerprint density at radius 1 is 1.38 bits per heavy atom. The van der Waals surface area contributed by atoms with Crippen LogP contribution in [0.15, 0.2) is 29.0 Å². The van der Waals surface area contributed by atoms with E-state index in [1.54, 1.807) is 23.5 Å². The van der Waals surface area contributed by atoms with Gasteiger partial charge in [0.2, 0.25) is 0 Å². The zero-order chi connectivity index (χ0) is 15.2. The topological polar surface area (TPSA) is 64.4 Å². The minimum atomic E-state index is -0.419. The van der Waals surface area contributed by atoms with E-state index in [4.69, 9.17) is 4.74 Å². The second-order valence-corrected chi connectivity index (χ2v) is 5.47. The Labute approximate surface area is 127 Å². The number of rotatable bonds is 7. The summed E-state index contributed by atoms with van der Waals surface area (Å²) in [5, 5.41) is 18.5. The number of ether oxygens (including phenoxy) is 1. The molecular weight excluding hydrogens is 288 g/mol. The number of nitro groups is 1. The third kappa shape index (κ3) is 3.95. The van der Waals surface area contributed by atoms with Crippen LogP contribution in [0.25, 0.3) is 0 Å². The van der Waals surface area contributed by atoms with Crippen molar-refractivity contribution in [2.75, 3.05) is 11.9 Å². The quantitative estimate of drug-likeness (QED) is 0.609. The van der Waals surface area contributed by atoms with Crippen LogP contribution in [0.3, 0.4) is 0 Å². The number of anilines is 1. The molecule has 0 aliphatic carbocycles. The van der Waals surface area contributed by atoms with Crippen LogP contribution in [0.1, 0.15) is 24.5 Å². The van der Waals surface area contributed by atoms with E-state index in [9.17, 15) is 10.1 Å². The first-order chi connectivity index (χ1) is 10.1. The molecule has 0 unspecified atom stereocenters. The molecule has 6 heteroatoms. The Morgan fingerprint density at radius 3 is 2.81 bits per heavy atom. The highest BCUT2D eigenvalue weighted by molar-refractivity contribution is 7.08. The van der Waals surface area contributed by atoms with Crippen LogP contribution in [0, 0.1) is 17.0 Å². The summed E-state index contributed by atoms with van der Waals surface area (Å²) in [6, 6.07) is 4.88. The van der Waals surface area contributed by atoms with Gasteiger partial charge in [0.25, 0.3) is 0 Å². The Kier molecular flexibility index (Phi) is 5.16. The number of aryl methyl sites for hydroxylation is 1. The predicted molar refractivity (Wildman–Crippen MR) is 85.3 cm³/mol. The standard InChI is InChI=1S/C15H18N2O3S/c1-3-6-20-15-7-13(4-5-14(15)17(18)19)16-8-12-10-21-9-11(12)2/h4-5,7,9-10,16H,3,6,8H2,1-2H3. The zero-order valence-electron chi connectivity index (χ0n) is 12.1. The van der Waals surface area contributed by atoms with Crippen molar-refractivity contribution in [3.05, 3.63) is 50.2 Å². The average Bonchev–Trinajstić information content (AvgIpc) is 2.88. The van der Waals surface area contributed by atoms with Gasteiger partial charge in [0.15, 0.2) is 5.75 Å². The number of hydrogen-bond acceptors (Lipinski definition) is 5. The lowest BCUT2D eigenvalue weighted by atomic mass is 10.2. The van der Waals surface area contributed by atoms with Crippen molar-refractivity contribution in [3.63, 3.8) is 0 Å². The van der Waals surface area contributed by atoms with Crippen molar-refractivity contribution in [1.82, 2.24) is 0 Å². The van der Waals surface area contributed by atoms with Gasteiger partial charge in [-0.15, -0.1) is 0 Å². The van der Waals surface area contributed by atoms with Gasteiger partial charge in [-0.05, 0) is 41.3 Å². The molecule has 0 atom stereocenters. The van der Waals surface area contributed by atoms with Crippen molar-refractivity contribution in [1.29, 1.82) is 0 Å². The molecule has 0 spiro atoms. The Morgan fingerprint density at radius 2 is 2.19 bits per heavy atom. The Bertz CT molecular complexity index is 625. The van der Waals surface area contributed by atoms with Gasteiger partial charge >= 0.3 is 5.69 Å². The third-order valence-electron chi connectivity index (χ3n) is 3.06. The van der Waals surface area contributed by atoms with Crippen LogP contribution >= 0.6 is 11.3 Å². The van der Waals surface area contributed by atoms with Crippen molar-refractivity contribution in [2.24, 2.45) is 0 Å². The van der Waals surface area contributed by atoms with E-state index in [-0.39, 0.29) is 5.69 Å². The zero-order valence-corrected chi connectivity index (χ0v) is 12.9. The van der Waals surface area contributed by atoms with Crippen molar-refractivity contribution >= 4 is 22.7 Å². The summed E-state index contributed by atoms with van der Waals surface area (Å²) in [6.07, 6.45) is 0.808. The molecule has 0 aliphatic heterocycles. The fourth-order valence-corrected chi connectivity index (χ4v) is 2.72. The van der Waals surface area contributed by atoms with Crippen molar-refractivity contribution < 1.29 is 9.66 Å². The maximum atomic E-state index is 11.0. The highest BCUT2D eigenvalue weighted by Gasteiger charge is 2.15. The van der Waals surface area contributed by atoms with Crippen molar-refractivity contribution in [2.45, 2.75) is 26.8 Å². The van der Waals surface area contributed by atoms with E-state index in [1.165, 1.54) is 17.2 Å². The molecule has 1 aromatic carbocycles. The summed E-state index contributed by atoms with van der Waals surface area (Å²) in [4.78, 5) is 10.6. The smallest absolute Gasteiger partial charge is 0.311 e. The van der Waals surface area contributed by atoms with Crippen LogP contribution in [-0.4, -0.2) is 11.5 Å². The highest BCUT2D eigenvalue weighted by atomic mass is 32.1. The first kappa shape index (κ1) is 15.3. The first-order valence-corrected chi connectivity index (χ1v) is 7.73. The predicted octanol–water partition coefficient (Wildman–Crippen LogP) is 4.37. The van der Waals surface area contributed by atoms with Gasteiger partial charge in [-0.2, -0.15) is 11.3 Å². The van der Waals surface area contributed by atoms with Gasteiger partial charge in [-0.1, -0.05) is 6.92 Å². The second kappa shape index (κ2) is 7.08. The summed E-state index contributed by atoms with van der Waals surface area (Å²) >= 11 is 1.67. The van der Waals surface area contributed by atoms with Crippen LogP contribution in [-0.2, 0) is 6.54 Å². The summed E-state index contributed by atoms with van der Waals surface area (Å²) in [6.45, 7) is 5.20. The molecule has 0 amide bonds. The van der Waals surface area contributed by atoms with Gasteiger partial charge in [0.1, 0.15) is 0 Å². The molecule has 0 saturated carbocycles. The fraction of sp³-hybridized carbons (Fsp3) is 0.333. The average molecular weight is 306 g/mol. The van der Waals surface area contributed by atoms with Crippen LogP contribution in [0.2, 0.25) is 0 Å². The molecule has 21 heavy (non-hydrogen) atoms. The lowest BCUT2D eigenvalue weighted by Crippen LogP contribution is -2.03. The summed E-state index contributed by atoms with van der Waals surface area (Å²) in [7, 11) is 0. The lowest BCUT2D eigenvalue weighted by molar-refractivity contribution is -0.385. The van der Waals surface area contributed by atoms with Crippen molar-refractivity contribution in [3.8, 4) is 5.75 Å². The second-order valence-electron chi connectivity index (χ2n) is 4.72. The largest absolute Gasteiger partial charge is 0.487 e. The molecule has 0 fully saturated rings. The van der Waals surface area contributed by atoms with Gasteiger partial charge in [-0.3, -0.25) is 10.1 Å². The van der Waals surface area contributed by atoms with E-state index in [0.717, 1.165) is 12.1 Å². The van der Waals surface area contributed by atoms with Gasteiger partial charge < -0.3 is 10.1 Å². The maximum absolute atomic E-state index is 11.0. The number of nitro benzene ring substituents is 1. The molecule has 1 heterocycles. The number of benzene rings is 1. The molecule has 112 valence electrons. The minimum Gasteiger partial charge on any atom is -0.487 e. The highest BCUT2D eigenvalue weighted by Crippen LogP contribution is 2.30. The lowest BCUT2D eigenvalue weighted by Gasteiger charge is -2.10. The molecule has 0 bridgehead atoms. The Balaban J connectivity index is 2.13. The molecule has 2 rings (SSSR count). The molecule has 1 aromatic heterocycles. The van der Waals surface area contributed by atoms with Crippen LogP contribution in [0.5, 0.6) is 5.75 Å². The Hall–Kier alpha value is -2.08. The van der Waals surface area contributed by atoms with Gasteiger partial charge in [0.05, 0.1) is 11.5 Å². The first-order valence-electron chi connectivity index (χ1n) is 6.78. The van der Waals surface area contributed by atoms with E-state index in [0.29, 0.717) is 18.9 Å². The molecule has 5 nitrogen and oxygen atoms in total. The number of thiophene rings is 1. The van der Waals surface area contributed by atoms with E-state index < -0.39 is 4.92 Å². The molecule has 0 aliphatic rings. The van der Waals surface area contributed by atoms with Gasteiger partial charge in [0, 0.05) is 24.4 Å². The monoisotopic (exact) mass is 306 g/mol. The SMILES string of the molecule is CCCOc1cc(NCc2cscc2C)ccc1[N+](=O)[O-]. The molecular formula is C15H18N2O3S. The molecule has 1 N–H and O–H groups in total. The normalized spacial score (nSPS) is 10.4. The molecule has 0 saturated heterocycles. The number of hydrogen-bond donors (Lipinski definition) is 1. The number of nitrogens with zero attached hydrogens (tertiary/aromatic N) is 1. The maximum Gasteiger partial charge on any atom is 0.311 e. The van der Waals surface area contributed by atoms with E-state index >= 15 is 0 Å².